The summed E-state index contributed by atoms with van der Waals surface area (Å²) in [5.41, 5.74) is 8.63. The van der Waals surface area contributed by atoms with Crippen LogP contribution in [0, 0.1) is 0 Å². The predicted molar refractivity (Wildman–Crippen MR) is 88.4 cm³/mol. The molecule has 3 N–H and O–H groups in total. The van der Waals surface area contributed by atoms with Crippen molar-refractivity contribution in [3.63, 3.8) is 0 Å². The first-order valence-electron chi connectivity index (χ1n) is 7.58. The number of hydrogen-bond acceptors (Lipinski definition) is 3. The standard InChI is InChI=1S/C18H20N2O2/c19-15-6-7-17(16(12-15)18(21)22)20-10-8-14(9-11-20)13-4-2-1-3-5-13/h1-7,12,14H,8-11,19H2,(H,21,22). The highest BCUT2D eigenvalue weighted by Crippen LogP contribution is 2.32. The number of carboxylic acids is 1. The van der Waals surface area contributed by atoms with Gasteiger partial charge in [0.15, 0.2) is 0 Å². The van der Waals surface area contributed by atoms with E-state index in [0.717, 1.165) is 31.6 Å². The van der Waals surface area contributed by atoms with Gasteiger partial charge in [-0.1, -0.05) is 30.3 Å². The van der Waals surface area contributed by atoms with Crippen molar-refractivity contribution in [2.24, 2.45) is 0 Å². The van der Waals surface area contributed by atoms with E-state index in [-0.39, 0.29) is 5.56 Å². The highest BCUT2D eigenvalue weighted by Gasteiger charge is 2.23. The summed E-state index contributed by atoms with van der Waals surface area (Å²) in [4.78, 5) is 13.6. The van der Waals surface area contributed by atoms with Crippen LogP contribution in [0.1, 0.15) is 34.7 Å². The molecule has 114 valence electrons. The Morgan fingerprint density at radius 3 is 2.41 bits per heavy atom. The molecule has 1 aliphatic heterocycles. The third-order valence-electron chi connectivity index (χ3n) is 4.36. The van der Waals surface area contributed by atoms with E-state index >= 15 is 0 Å². The largest absolute Gasteiger partial charge is 0.478 e. The molecule has 0 spiro atoms. The molecule has 0 saturated carbocycles. The fourth-order valence-corrected chi connectivity index (χ4v) is 3.18. The summed E-state index contributed by atoms with van der Waals surface area (Å²) >= 11 is 0. The van der Waals surface area contributed by atoms with Crippen LogP contribution in [-0.4, -0.2) is 24.2 Å². The Hall–Kier alpha value is -2.49. The third-order valence-corrected chi connectivity index (χ3v) is 4.36. The summed E-state index contributed by atoms with van der Waals surface area (Å²) in [6.07, 6.45) is 2.07. The molecule has 0 bridgehead atoms. The Morgan fingerprint density at radius 2 is 1.77 bits per heavy atom. The molecule has 4 heteroatoms. The van der Waals surface area contributed by atoms with E-state index in [0.29, 0.717) is 11.6 Å². The number of nitrogens with zero attached hydrogens (tertiary/aromatic N) is 1. The molecule has 1 saturated heterocycles. The van der Waals surface area contributed by atoms with Crippen molar-refractivity contribution in [3.8, 4) is 0 Å². The molecule has 4 nitrogen and oxygen atoms in total. The summed E-state index contributed by atoms with van der Waals surface area (Å²) in [7, 11) is 0. The summed E-state index contributed by atoms with van der Waals surface area (Å²) in [5.74, 6) is -0.369. The zero-order chi connectivity index (χ0) is 15.5. The number of hydrogen-bond donors (Lipinski definition) is 2. The number of piperidine rings is 1. The van der Waals surface area contributed by atoms with E-state index < -0.39 is 5.97 Å². The van der Waals surface area contributed by atoms with E-state index in [9.17, 15) is 9.90 Å². The maximum Gasteiger partial charge on any atom is 0.337 e. The van der Waals surface area contributed by atoms with Gasteiger partial charge in [0.05, 0.1) is 11.3 Å². The van der Waals surface area contributed by atoms with E-state index in [1.807, 2.05) is 12.1 Å². The molecule has 0 aliphatic carbocycles. The van der Waals surface area contributed by atoms with Crippen LogP contribution in [0.4, 0.5) is 11.4 Å². The van der Waals surface area contributed by atoms with Crippen LogP contribution in [0.15, 0.2) is 48.5 Å². The van der Waals surface area contributed by atoms with Crippen LogP contribution >= 0.6 is 0 Å². The van der Waals surface area contributed by atoms with E-state index in [2.05, 4.69) is 29.2 Å². The lowest BCUT2D eigenvalue weighted by atomic mass is 9.89. The maximum absolute atomic E-state index is 11.4. The van der Waals surface area contributed by atoms with Crippen LogP contribution in [0.5, 0.6) is 0 Å². The van der Waals surface area contributed by atoms with Gasteiger partial charge < -0.3 is 15.7 Å². The van der Waals surface area contributed by atoms with Gasteiger partial charge in [0.2, 0.25) is 0 Å². The number of aromatic carboxylic acids is 1. The highest BCUT2D eigenvalue weighted by atomic mass is 16.4. The summed E-state index contributed by atoms with van der Waals surface area (Å²) < 4.78 is 0. The van der Waals surface area contributed by atoms with Crippen molar-refractivity contribution in [3.05, 3.63) is 59.7 Å². The highest BCUT2D eigenvalue weighted by molar-refractivity contribution is 5.95. The van der Waals surface area contributed by atoms with Gasteiger partial charge in [0.1, 0.15) is 0 Å². The van der Waals surface area contributed by atoms with Crippen molar-refractivity contribution in [2.75, 3.05) is 23.7 Å². The Kier molecular flexibility index (Phi) is 4.00. The van der Waals surface area contributed by atoms with Crippen molar-refractivity contribution >= 4 is 17.3 Å². The van der Waals surface area contributed by atoms with Crippen LogP contribution in [0.2, 0.25) is 0 Å². The molecule has 1 fully saturated rings. The van der Waals surface area contributed by atoms with Gasteiger partial charge in [-0.05, 0) is 42.5 Å². The monoisotopic (exact) mass is 296 g/mol. The van der Waals surface area contributed by atoms with Gasteiger partial charge in [0, 0.05) is 18.8 Å². The lowest BCUT2D eigenvalue weighted by Crippen LogP contribution is -2.34. The van der Waals surface area contributed by atoms with E-state index in [1.54, 1.807) is 12.1 Å². The minimum atomic E-state index is -0.924. The number of carboxylic acid groups (broad SMARTS) is 1. The number of anilines is 2. The van der Waals surface area contributed by atoms with Crippen molar-refractivity contribution < 1.29 is 9.90 Å². The summed E-state index contributed by atoms with van der Waals surface area (Å²) in [5, 5.41) is 9.37. The molecule has 0 atom stereocenters. The van der Waals surface area contributed by atoms with Gasteiger partial charge in [-0.2, -0.15) is 0 Å². The summed E-state index contributed by atoms with van der Waals surface area (Å²) in [6, 6.07) is 15.7. The molecule has 2 aromatic rings. The number of carbonyl (C=O) groups is 1. The third kappa shape index (κ3) is 2.91. The molecular weight excluding hydrogens is 276 g/mol. The maximum atomic E-state index is 11.4. The first kappa shape index (κ1) is 14.4. The van der Waals surface area contributed by atoms with Gasteiger partial charge in [-0.25, -0.2) is 4.79 Å². The van der Waals surface area contributed by atoms with Crippen LogP contribution < -0.4 is 10.6 Å². The molecule has 22 heavy (non-hydrogen) atoms. The molecule has 0 aromatic heterocycles. The van der Waals surface area contributed by atoms with Gasteiger partial charge in [-0.15, -0.1) is 0 Å². The summed E-state index contributed by atoms with van der Waals surface area (Å²) in [6.45, 7) is 1.73. The minimum Gasteiger partial charge on any atom is -0.478 e. The second kappa shape index (κ2) is 6.10. The average Bonchev–Trinajstić information content (AvgIpc) is 2.56. The molecule has 0 radical (unpaired) electrons. The van der Waals surface area contributed by atoms with Gasteiger partial charge in [-0.3, -0.25) is 0 Å². The van der Waals surface area contributed by atoms with Crippen molar-refractivity contribution in [1.29, 1.82) is 0 Å². The molecule has 3 rings (SSSR count). The fraction of sp³-hybridized carbons (Fsp3) is 0.278. The number of benzene rings is 2. The number of rotatable bonds is 3. The zero-order valence-corrected chi connectivity index (χ0v) is 12.4. The van der Waals surface area contributed by atoms with Crippen LogP contribution in [0.25, 0.3) is 0 Å². The topological polar surface area (TPSA) is 66.6 Å². The first-order valence-corrected chi connectivity index (χ1v) is 7.58. The molecule has 1 heterocycles. The Labute approximate surface area is 130 Å². The lowest BCUT2D eigenvalue weighted by Gasteiger charge is -2.34. The molecule has 1 aliphatic rings. The SMILES string of the molecule is Nc1ccc(N2CCC(c3ccccc3)CC2)c(C(=O)O)c1. The quantitative estimate of drug-likeness (QED) is 0.852. The second-order valence-corrected chi connectivity index (χ2v) is 5.75. The Bertz CT molecular complexity index is 662. The fourth-order valence-electron chi connectivity index (χ4n) is 3.18. The normalized spacial score (nSPS) is 15.7. The predicted octanol–water partition coefficient (Wildman–Crippen LogP) is 3.35. The number of nitrogens with two attached hydrogens (primary N) is 1. The lowest BCUT2D eigenvalue weighted by molar-refractivity contribution is 0.0697. The Morgan fingerprint density at radius 1 is 1.09 bits per heavy atom. The van der Waals surface area contributed by atoms with E-state index in [1.165, 1.54) is 5.56 Å². The molecule has 2 aromatic carbocycles. The molecule has 0 amide bonds. The van der Waals surface area contributed by atoms with Crippen molar-refractivity contribution in [2.45, 2.75) is 18.8 Å². The van der Waals surface area contributed by atoms with Gasteiger partial charge in [0.25, 0.3) is 0 Å². The number of nitrogen functional groups attached to an aromatic ring is 1. The zero-order valence-electron chi connectivity index (χ0n) is 12.4. The molecule has 0 unspecified atom stereocenters. The van der Waals surface area contributed by atoms with Gasteiger partial charge >= 0.3 is 5.97 Å². The molecular formula is C18H20N2O2. The Balaban J connectivity index is 1.76. The average molecular weight is 296 g/mol. The van der Waals surface area contributed by atoms with Crippen LogP contribution in [0.3, 0.4) is 0 Å². The second-order valence-electron chi connectivity index (χ2n) is 5.75. The smallest absolute Gasteiger partial charge is 0.337 e. The minimum absolute atomic E-state index is 0.290. The van der Waals surface area contributed by atoms with E-state index in [4.69, 9.17) is 5.73 Å². The van der Waals surface area contributed by atoms with Crippen LogP contribution in [-0.2, 0) is 0 Å². The first-order chi connectivity index (χ1) is 10.6. The van der Waals surface area contributed by atoms with Crippen molar-refractivity contribution in [1.82, 2.24) is 0 Å².